The molecule has 2 heteroatoms. The van der Waals surface area contributed by atoms with E-state index in [2.05, 4.69) is 87.2 Å². The summed E-state index contributed by atoms with van der Waals surface area (Å²) in [7, 11) is 0. The normalized spacial score (nSPS) is 12.4. The van der Waals surface area contributed by atoms with Gasteiger partial charge in [0.1, 0.15) is 0 Å². The van der Waals surface area contributed by atoms with Gasteiger partial charge in [0.05, 0.1) is 23.0 Å². The smallest absolute Gasteiger partial charge is 0.0991 e. The number of pyridine rings is 1. The molecule has 188 valence electrons. The Morgan fingerprint density at radius 3 is 2.16 bits per heavy atom. The van der Waals surface area contributed by atoms with Crippen molar-refractivity contribution in [2.24, 2.45) is 5.92 Å². The van der Waals surface area contributed by atoms with Crippen molar-refractivity contribution in [3.63, 3.8) is 0 Å². The molecule has 0 unspecified atom stereocenters. The lowest BCUT2D eigenvalue weighted by Crippen LogP contribution is -1.98. The minimum atomic E-state index is 0.652. The van der Waals surface area contributed by atoms with E-state index in [1.807, 2.05) is 43.3 Å². The number of allylic oxidation sites excluding steroid dienone is 4. The lowest BCUT2D eigenvalue weighted by molar-refractivity contribution is 0.444. The Morgan fingerprint density at radius 2 is 1.57 bits per heavy atom. The van der Waals surface area contributed by atoms with Crippen molar-refractivity contribution in [1.82, 2.24) is 4.98 Å². The average molecular weight is 487 g/mol. The minimum absolute atomic E-state index is 0.652. The van der Waals surface area contributed by atoms with Crippen molar-refractivity contribution in [2.75, 3.05) is 0 Å². The van der Waals surface area contributed by atoms with Crippen LogP contribution in [0.3, 0.4) is 0 Å². The second-order valence-corrected chi connectivity index (χ2v) is 9.27. The molecule has 0 spiro atoms. The molecule has 37 heavy (non-hydrogen) atoms. The van der Waals surface area contributed by atoms with E-state index < -0.39 is 0 Å². The van der Waals surface area contributed by atoms with Crippen molar-refractivity contribution < 1.29 is 0 Å². The Labute approximate surface area is 223 Å². The van der Waals surface area contributed by atoms with Crippen molar-refractivity contribution in [2.45, 2.75) is 52.9 Å². The van der Waals surface area contributed by atoms with Crippen LogP contribution in [0.1, 0.15) is 75.3 Å². The molecular weight excluding hydrogens is 448 g/mol. The second-order valence-electron chi connectivity index (χ2n) is 9.27. The second kappa shape index (κ2) is 14.6. The lowest BCUT2D eigenvalue weighted by atomic mass is 9.93. The highest BCUT2D eigenvalue weighted by Gasteiger charge is 2.13. The van der Waals surface area contributed by atoms with E-state index in [9.17, 15) is 5.26 Å². The maximum atomic E-state index is 9.27. The summed E-state index contributed by atoms with van der Waals surface area (Å²) in [5.74, 6) is 0.754. The van der Waals surface area contributed by atoms with E-state index in [1.54, 1.807) is 0 Å². The van der Waals surface area contributed by atoms with E-state index in [0.717, 1.165) is 58.0 Å². The molecule has 2 nitrogen and oxygen atoms in total. The van der Waals surface area contributed by atoms with Crippen LogP contribution in [-0.2, 0) is 0 Å². The average Bonchev–Trinajstić information content (AvgIpc) is 2.95. The van der Waals surface area contributed by atoms with Crippen LogP contribution in [0.25, 0.3) is 40.6 Å². The molecular formula is C35H38N2. The van der Waals surface area contributed by atoms with Gasteiger partial charge in [-0.25, -0.2) is 4.98 Å². The zero-order valence-corrected chi connectivity index (χ0v) is 22.5. The van der Waals surface area contributed by atoms with Crippen LogP contribution in [-0.4, -0.2) is 4.98 Å². The van der Waals surface area contributed by atoms with Gasteiger partial charge in [-0.15, -0.1) is 0 Å². The van der Waals surface area contributed by atoms with Crippen LogP contribution in [0.15, 0.2) is 85.5 Å². The Bertz CT molecular complexity index is 1280. The molecule has 0 amide bonds. The van der Waals surface area contributed by atoms with Crippen molar-refractivity contribution in [1.29, 1.82) is 5.26 Å². The SMILES string of the molecule is C=Cc1ccc(-c2nc(/C=C\C)c(/C=C/CC[C@H](CC)CC/C=C\C)cc2-c2ccc(C#N)cc2)cc1. The van der Waals surface area contributed by atoms with E-state index >= 15 is 0 Å². The highest BCUT2D eigenvalue weighted by atomic mass is 14.7. The van der Waals surface area contributed by atoms with Gasteiger partial charge in [-0.2, -0.15) is 5.26 Å². The number of hydrogen-bond donors (Lipinski definition) is 0. The number of hydrogen-bond acceptors (Lipinski definition) is 2. The highest BCUT2D eigenvalue weighted by molar-refractivity contribution is 5.84. The standard InChI is InChI=1S/C35H38N2/c1-5-9-10-14-27(7-3)15-11-12-16-32-25-33(30-21-19-29(26-36)20-22-30)35(37-34(32)13-6-2)31-23-17-28(8-4)18-24-31/h5-6,8-9,12-13,16-25,27H,4,7,10-11,14-15H2,1-3H3/b9-5-,13-6-,16-12+/t27-/m1/s1. The largest absolute Gasteiger partial charge is 0.247 e. The molecule has 0 saturated heterocycles. The molecule has 2 aromatic carbocycles. The topological polar surface area (TPSA) is 36.7 Å². The molecule has 3 rings (SSSR count). The van der Waals surface area contributed by atoms with Gasteiger partial charge in [-0.1, -0.05) is 92.8 Å². The van der Waals surface area contributed by atoms with Gasteiger partial charge in [0.2, 0.25) is 0 Å². The number of benzene rings is 2. The Morgan fingerprint density at radius 1 is 0.892 bits per heavy atom. The molecule has 0 radical (unpaired) electrons. The Hall–Kier alpha value is -3.96. The fourth-order valence-electron chi connectivity index (χ4n) is 4.50. The zero-order chi connectivity index (χ0) is 26.5. The van der Waals surface area contributed by atoms with Crippen LogP contribution in [0, 0.1) is 17.2 Å². The van der Waals surface area contributed by atoms with E-state index in [4.69, 9.17) is 4.98 Å². The molecule has 0 N–H and O–H groups in total. The molecule has 3 aromatic rings. The number of aromatic nitrogens is 1. The van der Waals surface area contributed by atoms with E-state index in [1.165, 1.54) is 19.3 Å². The minimum Gasteiger partial charge on any atom is -0.247 e. The first-order valence-corrected chi connectivity index (χ1v) is 13.3. The third kappa shape index (κ3) is 7.76. The van der Waals surface area contributed by atoms with Gasteiger partial charge >= 0.3 is 0 Å². The van der Waals surface area contributed by atoms with Gasteiger partial charge in [0, 0.05) is 16.7 Å². The van der Waals surface area contributed by atoms with Crippen LogP contribution < -0.4 is 0 Å². The first-order chi connectivity index (χ1) is 18.1. The zero-order valence-electron chi connectivity index (χ0n) is 22.5. The summed E-state index contributed by atoms with van der Waals surface area (Å²) in [6, 6.07) is 20.5. The van der Waals surface area contributed by atoms with Crippen molar-refractivity contribution in [3.8, 4) is 28.5 Å². The summed E-state index contributed by atoms with van der Waals surface area (Å²) >= 11 is 0. The maximum Gasteiger partial charge on any atom is 0.0991 e. The number of nitrogens with zero attached hydrogens (tertiary/aromatic N) is 2. The third-order valence-electron chi connectivity index (χ3n) is 6.75. The van der Waals surface area contributed by atoms with Crippen molar-refractivity contribution in [3.05, 3.63) is 108 Å². The Kier molecular flexibility index (Phi) is 10.9. The van der Waals surface area contributed by atoms with E-state index in [-0.39, 0.29) is 0 Å². The molecule has 0 aliphatic carbocycles. The molecule has 0 fully saturated rings. The summed E-state index contributed by atoms with van der Waals surface area (Å²) in [4.78, 5) is 5.15. The molecule has 0 bridgehead atoms. The predicted molar refractivity (Wildman–Crippen MR) is 161 cm³/mol. The van der Waals surface area contributed by atoms with E-state index in [0.29, 0.717) is 5.56 Å². The predicted octanol–water partition coefficient (Wildman–Crippen LogP) is 10.1. The van der Waals surface area contributed by atoms with Gasteiger partial charge < -0.3 is 0 Å². The monoisotopic (exact) mass is 486 g/mol. The molecule has 1 aromatic heterocycles. The van der Waals surface area contributed by atoms with Gasteiger partial charge in [-0.3, -0.25) is 0 Å². The van der Waals surface area contributed by atoms with Gasteiger partial charge in [0.15, 0.2) is 0 Å². The van der Waals surface area contributed by atoms with Crippen LogP contribution in [0.2, 0.25) is 0 Å². The first-order valence-electron chi connectivity index (χ1n) is 13.3. The molecule has 0 aliphatic heterocycles. The van der Waals surface area contributed by atoms with Gasteiger partial charge in [0.25, 0.3) is 0 Å². The number of rotatable bonds is 12. The quantitative estimate of drug-likeness (QED) is 0.239. The fraction of sp³-hybridized carbons (Fsp3) is 0.257. The molecule has 0 saturated carbocycles. The van der Waals surface area contributed by atoms with Gasteiger partial charge in [-0.05, 0) is 80.9 Å². The third-order valence-corrected chi connectivity index (χ3v) is 6.75. The van der Waals surface area contributed by atoms with Crippen LogP contribution in [0.5, 0.6) is 0 Å². The van der Waals surface area contributed by atoms with Crippen LogP contribution in [0.4, 0.5) is 0 Å². The summed E-state index contributed by atoms with van der Waals surface area (Å²) in [6.45, 7) is 10.3. The highest BCUT2D eigenvalue weighted by Crippen LogP contribution is 2.34. The van der Waals surface area contributed by atoms with Crippen molar-refractivity contribution >= 4 is 18.2 Å². The summed E-state index contributed by atoms with van der Waals surface area (Å²) in [6.07, 6.45) is 20.8. The molecule has 1 atom stereocenters. The van der Waals surface area contributed by atoms with Crippen LogP contribution >= 0.6 is 0 Å². The molecule has 1 heterocycles. The fourth-order valence-corrected chi connectivity index (χ4v) is 4.50. The summed E-state index contributed by atoms with van der Waals surface area (Å²) < 4.78 is 0. The molecule has 0 aliphatic rings. The lowest BCUT2D eigenvalue weighted by Gasteiger charge is -2.14. The maximum absolute atomic E-state index is 9.27. The summed E-state index contributed by atoms with van der Waals surface area (Å²) in [5, 5.41) is 9.27. The summed E-state index contributed by atoms with van der Waals surface area (Å²) in [5.41, 5.74) is 7.88. The number of nitriles is 1. The Balaban J connectivity index is 2.00. The first kappa shape index (κ1) is 27.6.